The largest absolute Gasteiger partial charge is 0.496 e. The van der Waals surface area contributed by atoms with E-state index in [1.165, 1.54) is 19.4 Å². The first-order valence-electron chi connectivity index (χ1n) is 11.8. The predicted octanol–water partition coefficient (Wildman–Crippen LogP) is 2.97. The number of piperazine rings is 1. The van der Waals surface area contributed by atoms with Gasteiger partial charge in [0.15, 0.2) is 0 Å². The van der Waals surface area contributed by atoms with Gasteiger partial charge in [0.2, 0.25) is 0 Å². The van der Waals surface area contributed by atoms with Gasteiger partial charge in [-0.25, -0.2) is 9.37 Å². The van der Waals surface area contributed by atoms with Gasteiger partial charge in [0.25, 0.3) is 5.91 Å². The number of aromatic nitrogens is 2. The Morgan fingerprint density at radius 2 is 1.89 bits per heavy atom. The van der Waals surface area contributed by atoms with Gasteiger partial charge in [-0.1, -0.05) is 6.07 Å². The molecule has 0 N–H and O–H groups in total. The Morgan fingerprint density at radius 3 is 2.57 bits per heavy atom. The summed E-state index contributed by atoms with van der Waals surface area (Å²) in [6.07, 6.45) is 3.36. The van der Waals surface area contributed by atoms with Crippen molar-refractivity contribution in [1.29, 1.82) is 0 Å². The molecule has 8 nitrogen and oxygen atoms in total. The number of ether oxygens (including phenoxy) is 2. The van der Waals surface area contributed by atoms with Gasteiger partial charge in [-0.15, -0.1) is 0 Å². The number of anilines is 2. The van der Waals surface area contributed by atoms with E-state index in [9.17, 15) is 9.18 Å². The van der Waals surface area contributed by atoms with Gasteiger partial charge >= 0.3 is 0 Å². The fourth-order valence-electron chi connectivity index (χ4n) is 5.04. The van der Waals surface area contributed by atoms with Crippen LogP contribution in [-0.4, -0.2) is 73.3 Å². The zero-order valence-electron chi connectivity index (χ0n) is 19.5. The van der Waals surface area contributed by atoms with Crippen molar-refractivity contribution >= 4 is 17.4 Å². The van der Waals surface area contributed by atoms with E-state index in [4.69, 9.17) is 9.47 Å². The number of methoxy groups -OCH3 is 1. The first-order chi connectivity index (χ1) is 17.1. The van der Waals surface area contributed by atoms with E-state index < -0.39 is 5.82 Å². The second-order valence-electron chi connectivity index (χ2n) is 8.98. The number of amides is 1. The van der Waals surface area contributed by atoms with E-state index in [0.29, 0.717) is 34.4 Å². The van der Waals surface area contributed by atoms with Crippen molar-refractivity contribution in [3.63, 3.8) is 0 Å². The summed E-state index contributed by atoms with van der Waals surface area (Å²) in [5, 5.41) is 0. The van der Waals surface area contributed by atoms with Crippen molar-refractivity contribution in [1.82, 2.24) is 14.9 Å². The molecule has 3 aliphatic rings. The molecule has 0 bridgehead atoms. The monoisotopic (exact) mass is 475 g/mol. The molecule has 0 unspecified atom stereocenters. The maximum absolute atomic E-state index is 14.8. The van der Waals surface area contributed by atoms with Crippen LogP contribution in [0.3, 0.4) is 0 Å². The van der Waals surface area contributed by atoms with Crippen molar-refractivity contribution in [3.8, 4) is 17.0 Å². The highest BCUT2D eigenvalue weighted by molar-refractivity contribution is 6.10. The van der Waals surface area contributed by atoms with E-state index in [1.807, 2.05) is 18.3 Å². The normalized spacial score (nSPS) is 18.5. The quantitative estimate of drug-likeness (QED) is 0.562. The first-order valence-corrected chi connectivity index (χ1v) is 11.8. The third-order valence-corrected chi connectivity index (χ3v) is 7.10. The Balaban J connectivity index is 1.22. The van der Waals surface area contributed by atoms with Crippen LogP contribution < -0.4 is 14.5 Å². The number of hydrogen-bond acceptors (Lipinski definition) is 7. The summed E-state index contributed by atoms with van der Waals surface area (Å²) in [6.45, 7) is 5.82. The van der Waals surface area contributed by atoms with Crippen molar-refractivity contribution in [2.75, 3.05) is 56.3 Å². The fraction of sp³-hybridized carbons (Fsp3) is 0.346. The van der Waals surface area contributed by atoms with Crippen LogP contribution in [0.5, 0.6) is 5.75 Å². The molecule has 9 heteroatoms. The van der Waals surface area contributed by atoms with Gasteiger partial charge in [0.05, 0.1) is 56.1 Å². The Hall–Kier alpha value is -3.56. The molecule has 1 aromatic carbocycles. The topological polar surface area (TPSA) is 71.0 Å². The zero-order chi connectivity index (χ0) is 23.9. The van der Waals surface area contributed by atoms with Crippen LogP contribution in [0.4, 0.5) is 15.9 Å². The highest BCUT2D eigenvalue weighted by Gasteiger charge is 2.34. The number of nitrogens with zero attached hydrogens (tertiary/aromatic N) is 5. The summed E-state index contributed by atoms with van der Waals surface area (Å²) in [5.41, 5.74) is 2.89. The van der Waals surface area contributed by atoms with E-state index in [0.717, 1.165) is 45.1 Å². The molecule has 2 saturated heterocycles. The molecule has 6 rings (SSSR count). The average Bonchev–Trinajstić information content (AvgIpc) is 3.20. The molecular formula is C26H26FN5O3. The molecule has 0 saturated carbocycles. The van der Waals surface area contributed by atoms with Gasteiger partial charge in [-0.3, -0.25) is 19.6 Å². The molecule has 3 aromatic rings. The van der Waals surface area contributed by atoms with Crippen LogP contribution in [0.15, 0.2) is 48.8 Å². The maximum atomic E-state index is 14.8. The molecule has 2 fully saturated rings. The Morgan fingerprint density at radius 1 is 1.06 bits per heavy atom. The second-order valence-corrected chi connectivity index (χ2v) is 8.98. The van der Waals surface area contributed by atoms with Crippen LogP contribution in [-0.2, 0) is 11.3 Å². The van der Waals surface area contributed by atoms with Crippen molar-refractivity contribution in [2.24, 2.45) is 0 Å². The summed E-state index contributed by atoms with van der Waals surface area (Å²) in [4.78, 5) is 28.7. The Bertz CT molecular complexity index is 1260. The number of carbonyl (C=O) groups excluding carboxylic acids is 1. The first kappa shape index (κ1) is 21.9. The lowest BCUT2D eigenvalue weighted by atomic mass is 10.0. The van der Waals surface area contributed by atoms with E-state index in [1.54, 1.807) is 23.1 Å². The molecule has 1 amide bonds. The van der Waals surface area contributed by atoms with Crippen LogP contribution in [0, 0.1) is 5.82 Å². The molecule has 35 heavy (non-hydrogen) atoms. The van der Waals surface area contributed by atoms with E-state index >= 15 is 0 Å². The molecule has 0 atom stereocenters. The van der Waals surface area contributed by atoms with Crippen molar-refractivity contribution in [3.05, 3.63) is 65.7 Å². The summed E-state index contributed by atoms with van der Waals surface area (Å²) < 4.78 is 25.5. The van der Waals surface area contributed by atoms with Crippen LogP contribution in [0.1, 0.15) is 15.9 Å². The van der Waals surface area contributed by atoms with Gasteiger partial charge in [0, 0.05) is 43.5 Å². The minimum absolute atomic E-state index is 0.171. The summed E-state index contributed by atoms with van der Waals surface area (Å²) in [7, 11) is 1.49. The second kappa shape index (κ2) is 8.90. The number of halogens is 1. The van der Waals surface area contributed by atoms with Crippen molar-refractivity contribution < 1.29 is 18.7 Å². The van der Waals surface area contributed by atoms with Gasteiger partial charge < -0.3 is 14.4 Å². The standard InChI is InChI=1S/C26H26FN5O3/c1-34-22-4-2-3-21(27)24(22)25-20-14-32(26(33)19(20)7-8-28-25)23-6-5-17(13-29-23)30-9-11-31(12-10-30)18-15-35-16-18/h2-8,13,18H,9-12,14-16H2,1H3. The average molecular weight is 476 g/mol. The number of hydrogen-bond donors (Lipinski definition) is 0. The lowest BCUT2D eigenvalue weighted by Gasteiger charge is -2.43. The minimum atomic E-state index is -0.441. The fourth-order valence-corrected chi connectivity index (χ4v) is 5.04. The number of fused-ring (bicyclic) bond motifs is 1. The number of rotatable bonds is 5. The molecule has 180 valence electrons. The smallest absolute Gasteiger partial charge is 0.260 e. The van der Waals surface area contributed by atoms with Crippen molar-refractivity contribution in [2.45, 2.75) is 12.6 Å². The number of carbonyl (C=O) groups is 1. The maximum Gasteiger partial charge on any atom is 0.260 e. The summed E-state index contributed by atoms with van der Waals surface area (Å²) >= 11 is 0. The molecule has 5 heterocycles. The van der Waals surface area contributed by atoms with Gasteiger partial charge in [0.1, 0.15) is 17.4 Å². The molecule has 0 radical (unpaired) electrons. The molecule has 3 aliphatic heterocycles. The minimum Gasteiger partial charge on any atom is -0.496 e. The predicted molar refractivity (Wildman–Crippen MR) is 129 cm³/mol. The lowest BCUT2D eigenvalue weighted by Crippen LogP contribution is -2.56. The molecule has 0 aliphatic carbocycles. The summed E-state index contributed by atoms with van der Waals surface area (Å²) in [5.74, 6) is 0.329. The molecule has 0 spiro atoms. The Labute approximate surface area is 202 Å². The highest BCUT2D eigenvalue weighted by Crippen LogP contribution is 2.38. The van der Waals surface area contributed by atoms with Crippen LogP contribution in [0.2, 0.25) is 0 Å². The highest BCUT2D eigenvalue weighted by atomic mass is 19.1. The Kier molecular flexibility index (Phi) is 5.58. The van der Waals surface area contributed by atoms with E-state index in [-0.39, 0.29) is 18.0 Å². The lowest BCUT2D eigenvalue weighted by molar-refractivity contribution is -0.0660. The van der Waals surface area contributed by atoms with Gasteiger partial charge in [-0.2, -0.15) is 0 Å². The molecule has 2 aromatic heterocycles. The third-order valence-electron chi connectivity index (χ3n) is 7.10. The van der Waals surface area contributed by atoms with Crippen LogP contribution >= 0.6 is 0 Å². The number of benzene rings is 1. The molecular weight excluding hydrogens is 449 g/mol. The third kappa shape index (κ3) is 3.81. The SMILES string of the molecule is COc1cccc(F)c1-c1nccc2c1CN(c1ccc(N3CCN(C4COC4)CC3)cn1)C2=O. The van der Waals surface area contributed by atoms with Gasteiger partial charge in [-0.05, 0) is 30.3 Å². The zero-order valence-corrected chi connectivity index (χ0v) is 19.5. The van der Waals surface area contributed by atoms with E-state index in [2.05, 4.69) is 19.8 Å². The van der Waals surface area contributed by atoms with Crippen LogP contribution in [0.25, 0.3) is 11.3 Å². The number of pyridine rings is 2. The summed E-state index contributed by atoms with van der Waals surface area (Å²) in [6, 6.07) is 10.8.